The highest BCUT2D eigenvalue weighted by Gasteiger charge is 2.10. The molecule has 0 unspecified atom stereocenters. The number of anilines is 1. The van der Waals surface area contributed by atoms with Crippen molar-refractivity contribution in [2.75, 3.05) is 11.9 Å². The van der Waals surface area contributed by atoms with E-state index >= 15 is 0 Å². The third-order valence-electron chi connectivity index (χ3n) is 2.70. The van der Waals surface area contributed by atoms with Crippen LogP contribution in [0.3, 0.4) is 0 Å². The molecule has 2 aromatic rings. The molecule has 0 aliphatic heterocycles. The molecule has 114 valence electrons. The molecule has 2 aromatic carbocycles. The minimum atomic E-state index is -1.17. The lowest BCUT2D eigenvalue weighted by atomic mass is 10.2. The lowest BCUT2D eigenvalue weighted by Crippen LogP contribution is -2.20. The van der Waals surface area contributed by atoms with Crippen LogP contribution >= 0.6 is 11.6 Å². The summed E-state index contributed by atoms with van der Waals surface area (Å²) in [6.07, 6.45) is 0. The van der Waals surface area contributed by atoms with E-state index in [0.717, 1.165) is 6.07 Å². The zero-order chi connectivity index (χ0) is 16.1. The third kappa shape index (κ3) is 4.13. The average molecular weight is 322 g/mol. The van der Waals surface area contributed by atoms with Crippen LogP contribution in [0.25, 0.3) is 0 Å². The van der Waals surface area contributed by atoms with Gasteiger partial charge in [0.2, 0.25) is 0 Å². The first kappa shape index (κ1) is 15.7. The Morgan fingerprint density at radius 3 is 2.41 bits per heavy atom. The Labute approximate surface area is 130 Å². The summed E-state index contributed by atoms with van der Waals surface area (Å²) in [5.41, 5.74) is 0.0302. The smallest absolute Gasteiger partial charge is 0.335 e. The first-order chi connectivity index (χ1) is 10.5. The van der Waals surface area contributed by atoms with Gasteiger partial charge in [-0.25, -0.2) is 4.79 Å². The van der Waals surface area contributed by atoms with E-state index in [1.807, 2.05) is 0 Å². The van der Waals surface area contributed by atoms with Crippen molar-refractivity contribution in [3.05, 3.63) is 53.1 Å². The first-order valence-corrected chi connectivity index (χ1v) is 6.58. The molecule has 0 aliphatic rings. The van der Waals surface area contributed by atoms with Gasteiger partial charge in [-0.05, 0) is 42.5 Å². The van der Waals surface area contributed by atoms with Crippen molar-refractivity contribution in [3.63, 3.8) is 0 Å². The van der Waals surface area contributed by atoms with E-state index in [4.69, 9.17) is 21.4 Å². The lowest BCUT2D eigenvalue weighted by Gasteiger charge is -2.09. The minimum absolute atomic E-state index is 0.0760. The van der Waals surface area contributed by atoms with E-state index < -0.39 is 11.9 Å². The number of amides is 1. The first-order valence-electron chi connectivity index (χ1n) is 6.20. The van der Waals surface area contributed by atoms with Crippen LogP contribution in [0.15, 0.2) is 42.5 Å². The SMILES string of the molecule is O=C(COc1ccc(Cl)cc1)Nc1ccc(C(=O)O)cc1O. The molecule has 0 aliphatic carbocycles. The molecule has 0 spiro atoms. The molecule has 1 amide bonds. The Balaban J connectivity index is 1.94. The fraction of sp³-hybridized carbons (Fsp3) is 0.0667. The molecule has 7 heteroatoms. The Morgan fingerprint density at radius 2 is 1.82 bits per heavy atom. The number of phenolic OH excluding ortho intramolecular Hbond substituents is 1. The van der Waals surface area contributed by atoms with Crippen LogP contribution in [0.1, 0.15) is 10.4 Å². The van der Waals surface area contributed by atoms with Gasteiger partial charge in [0.25, 0.3) is 5.91 Å². The van der Waals surface area contributed by atoms with Crippen molar-refractivity contribution in [2.45, 2.75) is 0 Å². The molecular weight excluding hydrogens is 310 g/mol. The average Bonchev–Trinajstić information content (AvgIpc) is 2.48. The second-order valence-electron chi connectivity index (χ2n) is 4.33. The Bertz CT molecular complexity index is 700. The number of carboxylic acid groups (broad SMARTS) is 1. The van der Waals surface area contributed by atoms with Gasteiger partial charge in [-0.2, -0.15) is 0 Å². The topological polar surface area (TPSA) is 95.9 Å². The molecular formula is C15H12ClNO5. The summed E-state index contributed by atoms with van der Waals surface area (Å²) in [6.45, 7) is -0.262. The zero-order valence-corrected chi connectivity index (χ0v) is 12.0. The maximum absolute atomic E-state index is 11.7. The van der Waals surface area contributed by atoms with Gasteiger partial charge in [-0.1, -0.05) is 11.6 Å². The fourth-order valence-electron chi connectivity index (χ4n) is 1.64. The maximum atomic E-state index is 11.7. The van der Waals surface area contributed by atoms with Crippen molar-refractivity contribution >= 4 is 29.2 Å². The number of carboxylic acids is 1. The quantitative estimate of drug-likeness (QED) is 0.736. The Kier molecular flexibility index (Phi) is 4.85. The van der Waals surface area contributed by atoms with Crippen LogP contribution in [0.4, 0.5) is 5.69 Å². The molecule has 0 bridgehead atoms. The number of carbonyl (C=O) groups excluding carboxylic acids is 1. The number of hydrogen-bond donors (Lipinski definition) is 3. The molecule has 6 nitrogen and oxygen atoms in total. The van der Waals surface area contributed by atoms with Gasteiger partial charge in [0, 0.05) is 5.02 Å². The minimum Gasteiger partial charge on any atom is -0.506 e. The number of halogens is 1. The van der Waals surface area contributed by atoms with Crippen LogP contribution in [-0.2, 0) is 4.79 Å². The molecule has 22 heavy (non-hydrogen) atoms. The van der Waals surface area contributed by atoms with Crippen LogP contribution < -0.4 is 10.1 Å². The van der Waals surface area contributed by atoms with Gasteiger partial charge < -0.3 is 20.3 Å². The highest BCUT2D eigenvalue weighted by Crippen LogP contribution is 2.24. The number of carbonyl (C=O) groups is 2. The summed E-state index contributed by atoms with van der Waals surface area (Å²) in [5.74, 6) is -1.52. The van der Waals surface area contributed by atoms with Gasteiger partial charge in [0.05, 0.1) is 11.3 Å². The van der Waals surface area contributed by atoms with Gasteiger partial charge in [-0.15, -0.1) is 0 Å². The van der Waals surface area contributed by atoms with E-state index in [1.54, 1.807) is 24.3 Å². The summed E-state index contributed by atoms with van der Waals surface area (Å²) in [5, 5.41) is 21.4. The third-order valence-corrected chi connectivity index (χ3v) is 2.95. The number of rotatable bonds is 5. The van der Waals surface area contributed by atoms with Crippen LogP contribution in [-0.4, -0.2) is 28.7 Å². The summed E-state index contributed by atoms with van der Waals surface area (Å²) >= 11 is 5.73. The van der Waals surface area contributed by atoms with E-state index in [1.165, 1.54) is 12.1 Å². The van der Waals surface area contributed by atoms with Crippen molar-refractivity contribution in [1.29, 1.82) is 0 Å². The zero-order valence-electron chi connectivity index (χ0n) is 11.2. The van der Waals surface area contributed by atoms with E-state index in [0.29, 0.717) is 10.8 Å². The largest absolute Gasteiger partial charge is 0.506 e. The Morgan fingerprint density at radius 1 is 1.14 bits per heavy atom. The molecule has 0 fully saturated rings. The van der Waals surface area contributed by atoms with Crippen LogP contribution in [0.5, 0.6) is 11.5 Å². The monoisotopic (exact) mass is 321 g/mol. The predicted octanol–water partition coefficient (Wildman–Crippen LogP) is 2.76. The molecule has 0 aromatic heterocycles. The number of nitrogens with one attached hydrogen (secondary N) is 1. The number of phenols is 1. The summed E-state index contributed by atoms with van der Waals surface area (Å²) in [4.78, 5) is 22.5. The number of ether oxygens (including phenoxy) is 1. The number of aromatic hydroxyl groups is 1. The van der Waals surface area contributed by atoms with Crippen LogP contribution in [0.2, 0.25) is 5.02 Å². The second kappa shape index (κ2) is 6.82. The molecule has 2 rings (SSSR count). The molecule has 0 saturated carbocycles. The van der Waals surface area contributed by atoms with Crippen LogP contribution in [0, 0.1) is 0 Å². The molecule has 3 N–H and O–H groups in total. The Hall–Kier alpha value is -2.73. The normalized spacial score (nSPS) is 10.0. The molecule has 0 atom stereocenters. The number of benzene rings is 2. The number of hydrogen-bond acceptors (Lipinski definition) is 4. The molecule has 0 heterocycles. The van der Waals surface area contributed by atoms with Gasteiger partial charge in [-0.3, -0.25) is 4.79 Å². The van der Waals surface area contributed by atoms with Crippen molar-refractivity contribution in [2.24, 2.45) is 0 Å². The molecule has 0 saturated heterocycles. The number of aromatic carboxylic acids is 1. The van der Waals surface area contributed by atoms with Crippen molar-refractivity contribution in [3.8, 4) is 11.5 Å². The fourth-order valence-corrected chi connectivity index (χ4v) is 1.76. The highest BCUT2D eigenvalue weighted by molar-refractivity contribution is 6.30. The van der Waals surface area contributed by atoms with Crippen molar-refractivity contribution in [1.82, 2.24) is 0 Å². The van der Waals surface area contributed by atoms with Gasteiger partial charge >= 0.3 is 5.97 Å². The van der Waals surface area contributed by atoms with E-state index in [-0.39, 0.29) is 23.6 Å². The maximum Gasteiger partial charge on any atom is 0.335 e. The van der Waals surface area contributed by atoms with Crippen molar-refractivity contribution < 1.29 is 24.5 Å². The standard InChI is InChI=1S/C15H12ClNO5/c16-10-2-4-11(5-3-10)22-8-14(19)17-12-6-1-9(15(20)21)7-13(12)18/h1-7,18H,8H2,(H,17,19)(H,20,21). The van der Waals surface area contributed by atoms with E-state index in [9.17, 15) is 14.7 Å². The van der Waals surface area contributed by atoms with Gasteiger partial charge in [0.15, 0.2) is 6.61 Å². The van der Waals surface area contributed by atoms with Gasteiger partial charge in [0.1, 0.15) is 11.5 Å². The van der Waals surface area contributed by atoms with E-state index in [2.05, 4.69) is 5.32 Å². The predicted molar refractivity (Wildman–Crippen MR) is 80.6 cm³/mol. The molecule has 0 radical (unpaired) electrons. The summed E-state index contributed by atoms with van der Waals surface area (Å²) < 4.78 is 5.25. The lowest BCUT2D eigenvalue weighted by molar-refractivity contribution is -0.118. The highest BCUT2D eigenvalue weighted by atomic mass is 35.5. The summed E-state index contributed by atoms with van der Waals surface area (Å²) in [7, 11) is 0. The second-order valence-corrected chi connectivity index (χ2v) is 4.76. The summed E-state index contributed by atoms with van der Waals surface area (Å²) in [6, 6.07) is 10.1.